The molecular weight excluding hydrogens is 456 g/mol. The van der Waals surface area contributed by atoms with E-state index in [1.54, 1.807) is 0 Å². The van der Waals surface area contributed by atoms with E-state index in [0.717, 1.165) is 47.9 Å². The summed E-state index contributed by atoms with van der Waals surface area (Å²) in [5.74, 6) is -0.986. The molecule has 3 unspecified atom stereocenters. The van der Waals surface area contributed by atoms with Crippen molar-refractivity contribution in [1.29, 1.82) is 0 Å². The summed E-state index contributed by atoms with van der Waals surface area (Å²) in [5.41, 5.74) is 3.00. The highest BCUT2D eigenvalue weighted by molar-refractivity contribution is 7.11. The molecule has 0 spiro atoms. The van der Waals surface area contributed by atoms with E-state index in [1.807, 2.05) is 32.0 Å². The lowest BCUT2D eigenvalue weighted by Crippen LogP contribution is -2.48. The highest BCUT2D eigenvalue weighted by Crippen LogP contribution is 2.31. The van der Waals surface area contributed by atoms with E-state index in [-0.39, 0.29) is 41.2 Å². The Morgan fingerprint density at radius 1 is 1.29 bits per heavy atom. The van der Waals surface area contributed by atoms with Crippen LogP contribution in [-0.2, 0) is 11.3 Å². The van der Waals surface area contributed by atoms with Crippen LogP contribution in [0.3, 0.4) is 0 Å². The van der Waals surface area contributed by atoms with Crippen molar-refractivity contribution in [2.75, 3.05) is 31.5 Å². The lowest BCUT2D eigenvalue weighted by molar-refractivity contribution is -0.0707. The lowest BCUT2D eigenvalue weighted by Gasteiger charge is -2.36. The summed E-state index contributed by atoms with van der Waals surface area (Å²) >= 11 is 0.888. The van der Waals surface area contributed by atoms with Gasteiger partial charge in [0.05, 0.1) is 12.2 Å². The fraction of sp³-hybridized carbons (Fsp3) is 0.542. The van der Waals surface area contributed by atoms with Crippen molar-refractivity contribution in [2.24, 2.45) is 5.92 Å². The number of ether oxygens (including phenoxy) is 2. The van der Waals surface area contributed by atoms with E-state index >= 15 is 0 Å². The molecule has 10 heteroatoms. The quantitative estimate of drug-likeness (QED) is 0.488. The second-order valence-electron chi connectivity index (χ2n) is 9.13. The third-order valence-corrected chi connectivity index (χ3v) is 6.39. The van der Waals surface area contributed by atoms with Gasteiger partial charge in [0, 0.05) is 26.2 Å². The van der Waals surface area contributed by atoms with Crippen LogP contribution in [0.5, 0.6) is 5.88 Å². The van der Waals surface area contributed by atoms with Crippen LogP contribution < -0.4 is 15.4 Å². The zero-order valence-corrected chi connectivity index (χ0v) is 21.2. The zero-order valence-electron chi connectivity index (χ0n) is 20.4. The maximum absolute atomic E-state index is 12.4. The normalized spacial score (nSPS) is 19.4. The summed E-state index contributed by atoms with van der Waals surface area (Å²) in [6.07, 6.45) is 0.388. The Kier molecular flexibility index (Phi) is 8.87. The molecule has 1 aromatic heterocycles. The Morgan fingerprint density at radius 2 is 2.00 bits per heavy atom. The number of hydrogen-bond donors (Lipinski definition) is 3. The minimum absolute atomic E-state index is 0.00306. The van der Waals surface area contributed by atoms with Crippen LogP contribution in [0.2, 0.25) is 0 Å². The van der Waals surface area contributed by atoms with E-state index in [0.29, 0.717) is 6.54 Å². The molecule has 0 saturated carbocycles. The highest BCUT2D eigenvalue weighted by atomic mass is 32.1. The molecule has 0 bridgehead atoms. The van der Waals surface area contributed by atoms with Crippen molar-refractivity contribution in [2.45, 2.75) is 53.4 Å². The minimum atomic E-state index is -1.20. The van der Waals surface area contributed by atoms with Crippen LogP contribution in [0, 0.1) is 19.8 Å². The maximum Gasteiger partial charge on any atom is 0.344 e. The Bertz CT molecular complexity index is 1000. The molecule has 3 N–H and O–H groups in total. The van der Waals surface area contributed by atoms with E-state index in [1.165, 1.54) is 0 Å². The summed E-state index contributed by atoms with van der Waals surface area (Å²) in [6, 6.07) is 5.49. The largest absolute Gasteiger partial charge is 0.477 e. The zero-order chi connectivity index (χ0) is 24.8. The van der Waals surface area contributed by atoms with E-state index in [4.69, 9.17) is 9.47 Å². The molecule has 1 fully saturated rings. The first kappa shape index (κ1) is 25.9. The smallest absolute Gasteiger partial charge is 0.344 e. The predicted molar refractivity (Wildman–Crippen MR) is 132 cm³/mol. The maximum atomic E-state index is 12.4. The number of aryl methyl sites for hydroxylation is 2. The number of anilines is 1. The number of carbonyl (C=O) groups is 2. The van der Waals surface area contributed by atoms with Crippen LogP contribution in [0.4, 0.5) is 9.80 Å². The van der Waals surface area contributed by atoms with Crippen LogP contribution in [0.25, 0.3) is 0 Å². The molecule has 3 rings (SSSR count). The van der Waals surface area contributed by atoms with Gasteiger partial charge in [-0.1, -0.05) is 30.7 Å². The number of hydrogen-bond acceptors (Lipinski definition) is 7. The monoisotopic (exact) mass is 490 g/mol. The van der Waals surface area contributed by atoms with Gasteiger partial charge in [-0.25, -0.2) is 9.59 Å². The number of aromatic carboxylic acids is 1. The second kappa shape index (κ2) is 11.6. The van der Waals surface area contributed by atoms with E-state index < -0.39 is 12.0 Å². The molecule has 1 aromatic carbocycles. The average Bonchev–Trinajstić information content (AvgIpc) is 3.13. The van der Waals surface area contributed by atoms with Crippen molar-refractivity contribution in [1.82, 2.24) is 14.6 Å². The number of nitrogens with one attached hydrogen (secondary N) is 2. The van der Waals surface area contributed by atoms with Gasteiger partial charge in [-0.15, -0.1) is 0 Å². The number of benzene rings is 1. The summed E-state index contributed by atoms with van der Waals surface area (Å²) in [6.45, 7) is 13.4. The summed E-state index contributed by atoms with van der Waals surface area (Å²) < 4.78 is 15.6. The van der Waals surface area contributed by atoms with E-state index in [9.17, 15) is 14.7 Å². The second-order valence-corrected chi connectivity index (χ2v) is 9.91. The molecule has 3 atom stereocenters. The first-order valence-electron chi connectivity index (χ1n) is 11.5. The Labute approximate surface area is 204 Å². The first-order chi connectivity index (χ1) is 16.1. The number of urea groups is 1. The van der Waals surface area contributed by atoms with Gasteiger partial charge in [0.1, 0.15) is 11.6 Å². The van der Waals surface area contributed by atoms with Gasteiger partial charge in [0.15, 0.2) is 5.56 Å². The predicted octanol–water partition coefficient (Wildman–Crippen LogP) is 3.90. The molecule has 2 aromatic rings. The Hall–Kier alpha value is -2.69. The summed E-state index contributed by atoms with van der Waals surface area (Å²) in [7, 11) is 0. The molecular formula is C24H34N4O5S. The SMILES string of the molecule is Cc1ccc(COc2nsc(NC(=O)NCC(C)CN3CC(C)OC(C)C3)c2C(=O)O)c(C)c1. The number of nitrogens with zero attached hydrogens (tertiary/aromatic N) is 2. The molecule has 0 radical (unpaired) electrons. The molecule has 2 amide bonds. The molecule has 186 valence electrons. The van der Waals surface area contributed by atoms with Gasteiger partial charge in [-0.05, 0) is 56.3 Å². The van der Waals surface area contributed by atoms with Gasteiger partial charge in [0.2, 0.25) is 5.88 Å². The number of aromatic nitrogens is 1. The van der Waals surface area contributed by atoms with Gasteiger partial charge >= 0.3 is 12.0 Å². The number of carboxylic acid groups (broad SMARTS) is 1. The molecule has 2 heterocycles. The summed E-state index contributed by atoms with van der Waals surface area (Å²) in [4.78, 5) is 26.6. The Morgan fingerprint density at radius 3 is 2.65 bits per heavy atom. The molecule has 1 aliphatic heterocycles. The van der Waals surface area contributed by atoms with Crippen LogP contribution in [0.15, 0.2) is 18.2 Å². The third kappa shape index (κ3) is 7.15. The van der Waals surface area contributed by atoms with Gasteiger partial charge in [0.25, 0.3) is 0 Å². The minimum Gasteiger partial charge on any atom is -0.477 e. The number of carbonyl (C=O) groups excluding carboxylic acids is 1. The van der Waals surface area contributed by atoms with Crippen molar-refractivity contribution < 1.29 is 24.2 Å². The van der Waals surface area contributed by atoms with Gasteiger partial charge in [-0.2, -0.15) is 4.37 Å². The van der Waals surface area contributed by atoms with Crippen molar-refractivity contribution in [3.8, 4) is 5.88 Å². The molecule has 1 saturated heterocycles. The van der Waals surface area contributed by atoms with Crippen molar-refractivity contribution in [3.05, 3.63) is 40.5 Å². The standard InChI is InChI=1S/C24H34N4O5S/c1-14-6-7-19(16(3)8-14)13-32-21-20(23(29)30)22(34-27-21)26-24(31)25-9-15(2)10-28-11-17(4)33-18(5)12-28/h6-8,15,17-18H,9-13H2,1-5H3,(H,29,30)(H2,25,26,31). The first-order valence-corrected chi connectivity index (χ1v) is 12.2. The highest BCUT2D eigenvalue weighted by Gasteiger charge is 2.25. The third-order valence-electron chi connectivity index (χ3n) is 5.64. The number of amides is 2. The molecule has 0 aliphatic carbocycles. The number of morpholine rings is 1. The number of carboxylic acids is 1. The van der Waals surface area contributed by atoms with Crippen molar-refractivity contribution in [3.63, 3.8) is 0 Å². The molecule has 9 nitrogen and oxygen atoms in total. The molecule has 1 aliphatic rings. The van der Waals surface area contributed by atoms with Gasteiger partial charge in [-0.3, -0.25) is 10.2 Å². The fourth-order valence-electron chi connectivity index (χ4n) is 4.15. The fourth-order valence-corrected chi connectivity index (χ4v) is 4.88. The van der Waals surface area contributed by atoms with E-state index in [2.05, 4.69) is 40.7 Å². The van der Waals surface area contributed by atoms with Crippen LogP contribution >= 0.6 is 11.5 Å². The molecule has 34 heavy (non-hydrogen) atoms. The average molecular weight is 491 g/mol. The van der Waals surface area contributed by atoms with Crippen LogP contribution in [-0.4, -0.2) is 64.8 Å². The van der Waals surface area contributed by atoms with Crippen LogP contribution in [0.1, 0.15) is 47.8 Å². The lowest BCUT2D eigenvalue weighted by atomic mass is 10.1. The van der Waals surface area contributed by atoms with Gasteiger partial charge < -0.3 is 19.9 Å². The summed E-state index contributed by atoms with van der Waals surface area (Å²) in [5, 5.41) is 15.3. The van der Waals surface area contributed by atoms with Crippen molar-refractivity contribution >= 4 is 28.5 Å². The Balaban J connectivity index is 1.53. The number of rotatable bonds is 9. The topological polar surface area (TPSA) is 113 Å².